The SMILES string of the molecule is CCCCCCCCCCCCOc1ccc(C(=O)c2c(C)cccc2C)cc1. The molecule has 0 fully saturated rings. The first-order chi connectivity index (χ1) is 14.1. The van der Waals surface area contributed by atoms with E-state index in [9.17, 15) is 4.79 Å². The van der Waals surface area contributed by atoms with Gasteiger partial charge in [0, 0.05) is 11.1 Å². The lowest BCUT2D eigenvalue weighted by atomic mass is 9.95. The fraction of sp³-hybridized carbons (Fsp3) is 0.519. The van der Waals surface area contributed by atoms with Gasteiger partial charge in [0.1, 0.15) is 5.75 Å². The minimum Gasteiger partial charge on any atom is -0.494 e. The number of hydrogen-bond donors (Lipinski definition) is 0. The van der Waals surface area contributed by atoms with Crippen molar-refractivity contribution in [2.75, 3.05) is 6.61 Å². The molecule has 0 radical (unpaired) electrons. The Hall–Kier alpha value is -2.09. The lowest BCUT2D eigenvalue weighted by Crippen LogP contribution is -2.06. The van der Waals surface area contributed by atoms with E-state index in [2.05, 4.69) is 6.92 Å². The fourth-order valence-electron chi connectivity index (χ4n) is 3.80. The van der Waals surface area contributed by atoms with Crippen LogP contribution in [0.2, 0.25) is 0 Å². The van der Waals surface area contributed by atoms with Crippen LogP contribution in [0.3, 0.4) is 0 Å². The van der Waals surface area contributed by atoms with E-state index >= 15 is 0 Å². The summed E-state index contributed by atoms with van der Waals surface area (Å²) in [6, 6.07) is 13.6. The Balaban J connectivity index is 1.65. The number of rotatable bonds is 14. The first-order valence-corrected chi connectivity index (χ1v) is 11.5. The number of carbonyl (C=O) groups is 1. The maximum absolute atomic E-state index is 12.8. The average molecular weight is 395 g/mol. The highest BCUT2D eigenvalue weighted by molar-refractivity contribution is 6.10. The second kappa shape index (κ2) is 13.2. The Morgan fingerprint density at radius 3 is 1.79 bits per heavy atom. The minimum absolute atomic E-state index is 0.0850. The Bertz CT molecular complexity index is 710. The van der Waals surface area contributed by atoms with Gasteiger partial charge in [0.25, 0.3) is 0 Å². The summed E-state index contributed by atoms with van der Waals surface area (Å²) in [5.41, 5.74) is 3.58. The largest absolute Gasteiger partial charge is 0.494 e. The van der Waals surface area contributed by atoms with Crippen molar-refractivity contribution in [1.82, 2.24) is 0 Å². The zero-order valence-electron chi connectivity index (χ0n) is 18.6. The molecule has 0 amide bonds. The third kappa shape index (κ3) is 8.04. The molecular formula is C27H38O2. The first-order valence-electron chi connectivity index (χ1n) is 11.5. The van der Waals surface area contributed by atoms with Gasteiger partial charge >= 0.3 is 0 Å². The van der Waals surface area contributed by atoms with Crippen molar-refractivity contribution < 1.29 is 9.53 Å². The molecule has 0 aliphatic heterocycles. The van der Waals surface area contributed by atoms with E-state index in [4.69, 9.17) is 4.74 Å². The Morgan fingerprint density at radius 2 is 1.24 bits per heavy atom. The van der Waals surface area contributed by atoms with Crippen molar-refractivity contribution in [2.45, 2.75) is 85.0 Å². The standard InChI is InChI=1S/C27H38O2/c1-4-5-6-7-8-9-10-11-12-13-21-29-25-19-17-24(18-20-25)27(28)26-22(2)15-14-16-23(26)3/h14-20H,4-13,21H2,1-3H3. The van der Waals surface area contributed by atoms with Gasteiger partial charge in [0.15, 0.2) is 5.78 Å². The summed E-state index contributed by atoms with van der Waals surface area (Å²) in [6.07, 6.45) is 13.3. The maximum Gasteiger partial charge on any atom is 0.193 e. The van der Waals surface area contributed by atoms with Crippen molar-refractivity contribution in [3.8, 4) is 5.75 Å². The van der Waals surface area contributed by atoms with E-state index in [1.54, 1.807) is 0 Å². The van der Waals surface area contributed by atoms with Crippen molar-refractivity contribution >= 4 is 5.78 Å². The van der Waals surface area contributed by atoms with Gasteiger partial charge in [-0.2, -0.15) is 0 Å². The van der Waals surface area contributed by atoms with Gasteiger partial charge in [-0.15, -0.1) is 0 Å². The van der Waals surface area contributed by atoms with Crippen LogP contribution in [-0.2, 0) is 0 Å². The quantitative estimate of drug-likeness (QED) is 0.241. The predicted octanol–water partition coefficient (Wildman–Crippen LogP) is 7.83. The van der Waals surface area contributed by atoms with Crippen molar-refractivity contribution in [1.29, 1.82) is 0 Å². The number of hydrogen-bond acceptors (Lipinski definition) is 2. The number of unbranched alkanes of at least 4 members (excludes halogenated alkanes) is 9. The zero-order valence-corrected chi connectivity index (χ0v) is 18.6. The molecule has 2 rings (SSSR count). The molecule has 2 nitrogen and oxygen atoms in total. The van der Waals surface area contributed by atoms with Crippen LogP contribution in [0.25, 0.3) is 0 Å². The molecule has 2 heteroatoms. The third-order valence-corrected chi connectivity index (χ3v) is 5.59. The normalized spacial score (nSPS) is 10.9. The number of aryl methyl sites for hydroxylation is 2. The molecule has 0 atom stereocenters. The third-order valence-electron chi connectivity index (χ3n) is 5.59. The van der Waals surface area contributed by atoms with Crippen LogP contribution >= 0.6 is 0 Å². The first kappa shape index (κ1) is 23.2. The predicted molar refractivity (Wildman–Crippen MR) is 123 cm³/mol. The fourth-order valence-corrected chi connectivity index (χ4v) is 3.80. The number of carbonyl (C=O) groups excluding carboxylic acids is 1. The zero-order chi connectivity index (χ0) is 20.9. The van der Waals surface area contributed by atoms with Gasteiger partial charge in [-0.1, -0.05) is 82.9 Å². The van der Waals surface area contributed by atoms with E-state index in [-0.39, 0.29) is 5.78 Å². The molecule has 0 saturated carbocycles. The highest BCUT2D eigenvalue weighted by Gasteiger charge is 2.14. The second-order valence-corrected chi connectivity index (χ2v) is 8.15. The van der Waals surface area contributed by atoms with Crippen LogP contribution < -0.4 is 4.74 Å². The highest BCUT2D eigenvalue weighted by Crippen LogP contribution is 2.20. The molecule has 0 unspecified atom stereocenters. The molecule has 2 aromatic rings. The van der Waals surface area contributed by atoms with E-state index in [1.807, 2.05) is 56.3 Å². The molecule has 2 aromatic carbocycles. The van der Waals surface area contributed by atoms with Gasteiger partial charge in [0.2, 0.25) is 0 Å². The Labute approximate surface area is 177 Å². The summed E-state index contributed by atoms with van der Waals surface area (Å²) < 4.78 is 5.85. The Kier molecular flexibility index (Phi) is 10.5. The average Bonchev–Trinajstić information content (AvgIpc) is 2.72. The molecule has 0 heterocycles. The molecule has 0 aliphatic rings. The van der Waals surface area contributed by atoms with Crippen LogP contribution in [0.15, 0.2) is 42.5 Å². The monoisotopic (exact) mass is 394 g/mol. The highest BCUT2D eigenvalue weighted by atomic mass is 16.5. The molecule has 0 spiro atoms. The Morgan fingerprint density at radius 1 is 0.724 bits per heavy atom. The summed E-state index contributed by atoms with van der Waals surface area (Å²) in [5, 5.41) is 0. The molecule has 0 aromatic heterocycles. The molecular weight excluding hydrogens is 356 g/mol. The van der Waals surface area contributed by atoms with Crippen molar-refractivity contribution in [2.24, 2.45) is 0 Å². The lowest BCUT2D eigenvalue weighted by molar-refractivity contribution is 0.103. The maximum atomic E-state index is 12.8. The molecule has 0 aliphatic carbocycles. The summed E-state index contributed by atoms with van der Waals surface area (Å²) >= 11 is 0. The molecule has 158 valence electrons. The topological polar surface area (TPSA) is 26.3 Å². The van der Waals surface area contributed by atoms with Crippen molar-refractivity contribution in [3.63, 3.8) is 0 Å². The second-order valence-electron chi connectivity index (χ2n) is 8.15. The van der Waals surface area contributed by atoms with E-state index in [0.717, 1.165) is 35.5 Å². The number of ketones is 1. The van der Waals surface area contributed by atoms with Gasteiger partial charge in [0.05, 0.1) is 6.61 Å². The summed E-state index contributed by atoms with van der Waals surface area (Å²) in [6.45, 7) is 7.00. The summed E-state index contributed by atoms with van der Waals surface area (Å²) in [5.74, 6) is 0.931. The van der Waals surface area contributed by atoms with Gasteiger partial charge in [-0.25, -0.2) is 0 Å². The number of ether oxygens (including phenoxy) is 1. The van der Waals surface area contributed by atoms with Gasteiger partial charge in [-0.3, -0.25) is 4.79 Å². The van der Waals surface area contributed by atoms with Gasteiger partial charge in [-0.05, 0) is 55.7 Å². The van der Waals surface area contributed by atoms with Gasteiger partial charge < -0.3 is 4.74 Å². The van der Waals surface area contributed by atoms with E-state index in [1.165, 1.54) is 57.8 Å². The number of benzene rings is 2. The van der Waals surface area contributed by atoms with E-state index in [0.29, 0.717) is 5.56 Å². The smallest absolute Gasteiger partial charge is 0.193 e. The van der Waals surface area contributed by atoms with Crippen LogP contribution in [0.1, 0.15) is 98.2 Å². The summed E-state index contributed by atoms with van der Waals surface area (Å²) in [7, 11) is 0. The van der Waals surface area contributed by atoms with E-state index < -0.39 is 0 Å². The van der Waals surface area contributed by atoms with Crippen LogP contribution in [0.4, 0.5) is 0 Å². The van der Waals surface area contributed by atoms with Crippen LogP contribution in [0, 0.1) is 13.8 Å². The van der Waals surface area contributed by atoms with Crippen molar-refractivity contribution in [3.05, 3.63) is 64.7 Å². The van der Waals surface area contributed by atoms with Crippen LogP contribution in [0.5, 0.6) is 5.75 Å². The van der Waals surface area contributed by atoms with Crippen LogP contribution in [-0.4, -0.2) is 12.4 Å². The molecule has 0 saturated heterocycles. The molecule has 29 heavy (non-hydrogen) atoms. The summed E-state index contributed by atoms with van der Waals surface area (Å²) in [4.78, 5) is 12.8. The molecule has 0 N–H and O–H groups in total. The minimum atomic E-state index is 0.0850. The lowest BCUT2D eigenvalue weighted by Gasteiger charge is -2.10. The molecule has 0 bridgehead atoms.